The maximum atomic E-state index is 12.0. The minimum atomic E-state index is -0.662. The molecule has 0 spiro atoms. The highest BCUT2D eigenvalue weighted by atomic mass is 35.5. The second-order valence-corrected chi connectivity index (χ2v) is 5.63. The molecule has 118 valence electrons. The smallest absolute Gasteiger partial charge is 0.312 e. The van der Waals surface area contributed by atoms with E-state index in [4.69, 9.17) is 23.2 Å². The number of rotatable bonds is 4. The van der Waals surface area contributed by atoms with Crippen LogP contribution in [-0.4, -0.2) is 53.7 Å². The highest BCUT2D eigenvalue weighted by Crippen LogP contribution is 2.25. The first kappa shape index (κ1) is 16.6. The highest BCUT2D eigenvalue weighted by molar-refractivity contribution is 6.37. The van der Waals surface area contributed by atoms with E-state index in [1.54, 1.807) is 19.1 Å². The van der Waals surface area contributed by atoms with Crippen molar-refractivity contribution < 1.29 is 14.4 Å². The lowest BCUT2D eigenvalue weighted by Gasteiger charge is -2.32. The van der Waals surface area contributed by atoms with E-state index in [1.165, 1.54) is 15.9 Å². The lowest BCUT2D eigenvalue weighted by molar-refractivity contribution is -0.156. The van der Waals surface area contributed by atoms with E-state index in [-0.39, 0.29) is 6.54 Å². The SMILES string of the molecule is CCN1CCN(CC(=O)Nc2ccc(Cl)cc2Cl)C(=O)C1=O. The van der Waals surface area contributed by atoms with Gasteiger partial charge in [-0.2, -0.15) is 0 Å². The average Bonchev–Trinajstić information content (AvgIpc) is 2.47. The van der Waals surface area contributed by atoms with Gasteiger partial charge in [-0.3, -0.25) is 14.4 Å². The zero-order valence-electron chi connectivity index (χ0n) is 11.9. The predicted octanol–water partition coefficient (Wildman–Crippen LogP) is 1.62. The van der Waals surface area contributed by atoms with Crippen LogP contribution in [0.5, 0.6) is 0 Å². The summed E-state index contributed by atoms with van der Waals surface area (Å²) >= 11 is 11.7. The molecule has 3 amide bonds. The van der Waals surface area contributed by atoms with Crippen LogP contribution in [0.3, 0.4) is 0 Å². The number of piperazine rings is 1. The van der Waals surface area contributed by atoms with E-state index < -0.39 is 17.7 Å². The van der Waals surface area contributed by atoms with Crippen LogP contribution < -0.4 is 5.32 Å². The second-order valence-electron chi connectivity index (χ2n) is 4.78. The molecule has 1 N–H and O–H groups in total. The molecule has 1 heterocycles. The van der Waals surface area contributed by atoms with Crippen molar-refractivity contribution in [3.05, 3.63) is 28.2 Å². The molecular formula is C14H15Cl2N3O3. The first-order valence-corrected chi connectivity index (χ1v) is 7.51. The molecule has 0 radical (unpaired) electrons. The van der Waals surface area contributed by atoms with E-state index in [0.717, 1.165) is 0 Å². The fraction of sp³-hybridized carbons (Fsp3) is 0.357. The van der Waals surface area contributed by atoms with E-state index in [0.29, 0.717) is 35.4 Å². The summed E-state index contributed by atoms with van der Waals surface area (Å²) in [6.45, 7) is 2.85. The molecule has 1 aliphatic rings. The molecule has 6 nitrogen and oxygen atoms in total. The maximum absolute atomic E-state index is 12.0. The van der Waals surface area contributed by atoms with Gasteiger partial charge in [-0.05, 0) is 25.1 Å². The van der Waals surface area contributed by atoms with Gasteiger partial charge in [-0.25, -0.2) is 0 Å². The maximum Gasteiger partial charge on any atom is 0.312 e. The molecule has 1 aromatic carbocycles. The third kappa shape index (κ3) is 3.69. The van der Waals surface area contributed by atoms with Crippen molar-refractivity contribution in [1.29, 1.82) is 0 Å². The topological polar surface area (TPSA) is 69.7 Å². The van der Waals surface area contributed by atoms with Gasteiger partial charge in [0, 0.05) is 24.7 Å². The molecular weight excluding hydrogens is 329 g/mol. The first-order valence-electron chi connectivity index (χ1n) is 6.75. The van der Waals surface area contributed by atoms with Crippen LogP contribution >= 0.6 is 23.2 Å². The number of hydrogen-bond donors (Lipinski definition) is 1. The lowest BCUT2D eigenvalue weighted by atomic mass is 10.2. The summed E-state index contributed by atoms with van der Waals surface area (Å²) < 4.78 is 0. The summed E-state index contributed by atoms with van der Waals surface area (Å²) in [7, 11) is 0. The Kier molecular flexibility index (Phi) is 5.26. The summed E-state index contributed by atoms with van der Waals surface area (Å²) in [5.74, 6) is -1.66. The third-order valence-electron chi connectivity index (χ3n) is 3.32. The molecule has 0 aliphatic carbocycles. The number of carbonyl (C=O) groups is 3. The first-order chi connectivity index (χ1) is 10.4. The molecule has 0 atom stereocenters. The Morgan fingerprint density at radius 2 is 1.82 bits per heavy atom. The summed E-state index contributed by atoms with van der Waals surface area (Å²) in [6, 6.07) is 4.68. The van der Waals surface area contributed by atoms with E-state index in [9.17, 15) is 14.4 Å². The van der Waals surface area contributed by atoms with Gasteiger partial charge >= 0.3 is 11.8 Å². The number of nitrogens with zero attached hydrogens (tertiary/aromatic N) is 2. The number of carbonyl (C=O) groups excluding carboxylic acids is 3. The Labute approximate surface area is 138 Å². The Hall–Kier alpha value is -1.79. The summed E-state index contributed by atoms with van der Waals surface area (Å²) in [5, 5.41) is 3.36. The van der Waals surface area contributed by atoms with Crippen molar-refractivity contribution in [2.24, 2.45) is 0 Å². The van der Waals surface area contributed by atoms with E-state index in [2.05, 4.69) is 5.32 Å². The van der Waals surface area contributed by atoms with E-state index >= 15 is 0 Å². The van der Waals surface area contributed by atoms with Crippen LogP contribution in [-0.2, 0) is 14.4 Å². The third-order valence-corrected chi connectivity index (χ3v) is 3.87. The Bertz CT molecular complexity index is 621. The van der Waals surface area contributed by atoms with Gasteiger partial charge in [0.25, 0.3) is 0 Å². The Morgan fingerprint density at radius 3 is 2.45 bits per heavy atom. The van der Waals surface area contributed by atoms with Crippen molar-refractivity contribution in [3.8, 4) is 0 Å². The van der Waals surface area contributed by atoms with Crippen LogP contribution in [0.1, 0.15) is 6.92 Å². The lowest BCUT2D eigenvalue weighted by Crippen LogP contribution is -2.55. The molecule has 0 unspecified atom stereocenters. The second kappa shape index (κ2) is 6.98. The number of amides is 3. The van der Waals surface area contributed by atoms with Crippen molar-refractivity contribution >= 4 is 46.6 Å². The van der Waals surface area contributed by atoms with Gasteiger partial charge in [0.15, 0.2) is 0 Å². The molecule has 0 aromatic heterocycles. The van der Waals surface area contributed by atoms with Gasteiger partial charge in [0.05, 0.1) is 10.7 Å². The van der Waals surface area contributed by atoms with Crippen LogP contribution in [0.25, 0.3) is 0 Å². The molecule has 1 aliphatic heterocycles. The molecule has 1 aromatic rings. The standard InChI is InChI=1S/C14H15Cl2N3O3/c1-2-18-5-6-19(14(22)13(18)21)8-12(20)17-11-4-3-9(15)7-10(11)16/h3-4,7H,2,5-6,8H2,1H3,(H,17,20). The van der Waals surface area contributed by atoms with Gasteiger partial charge in [-0.1, -0.05) is 23.2 Å². The number of hydrogen-bond acceptors (Lipinski definition) is 3. The summed E-state index contributed by atoms with van der Waals surface area (Å²) in [5.41, 5.74) is 0.405. The summed E-state index contributed by atoms with van der Waals surface area (Å²) in [4.78, 5) is 38.4. The number of benzene rings is 1. The normalized spacial score (nSPS) is 15.2. The number of likely N-dealkylation sites (N-methyl/N-ethyl adjacent to an activating group) is 1. The van der Waals surface area contributed by atoms with Crippen LogP contribution in [0.15, 0.2) is 18.2 Å². The minimum absolute atomic E-state index is 0.193. The quantitative estimate of drug-likeness (QED) is 0.844. The van der Waals surface area contributed by atoms with Crippen molar-refractivity contribution in [1.82, 2.24) is 9.80 Å². The van der Waals surface area contributed by atoms with Crippen molar-refractivity contribution in [2.45, 2.75) is 6.92 Å². The molecule has 0 bridgehead atoms. The van der Waals surface area contributed by atoms with Crippen molar-refractivity contribution in [2.75, 3.05) is 31.5 Å². The van der Waals surface area contributed by atoms with Gasteiger partial charge in [0.2, 0.25) is 5.91 Å². The van der Waals surface area contributed by atoms with Gasteiger partial charge < -0.3 is 15.1 Å². The van der Waals surface area contributed by atoms with Crippen LogP contribution in [0.4, 0.5) is 5.69 Å². The molecule has 1 fully saturated rings. The minimum Gasteiger partial charge on any atom is -0.333 e. The van der Waals surface area contributed by atoms with Crippen LogP contribution in [0.2, 0.25) is 10.0 Å². The van der Waals surface area contributed by atoms with Crippen LogP contribution in [0, 0.1) is 0 Å². The zero-order chi connectivity index (χ0) is 16.3. The number of halogens is 2. The monoisotopic (exact) mass is 343 g/mol. The number of anilines is 1. The van der Waals surface area contributed by atoms with Crippen molar-refractivity contribution in [3.63, 3.8) is 0 Å². The fourth-order valence-corrected chi connectivity index (χ4v) is 2.58. The predicted molar refractivity (Wildman–Crippen MR) is 83.9 cm³/mol. The largest absolute Gasteiger partial charge is 0.333 e. The van der Waals surface area contributed by atoms with Gasteiger partial charge in [-0.15, -0.1) is 0 Å². The summed E-state index contributed by atoms with van der Waals surface area (Å²) in [6.07, 6.45) is 0. The van der Waals surface area contributed by atoms with Gasteiger partial charge in [0.1, 0.15) is 6.54 Å². The molecule has 2 rings (SSSR count). The molecule has 8 heteroatoms. The van der Waals surface area contributed by atoms with E-state index in [1.807, 2.05) is 0 Å². The molecule has 1 saturated heterocycles. The fourth-order valence-electron chi connectivity index (χ4n) is 2.12. The Morgan fingerprint density at radius 1 is 1.18 bits per heavy atom. The zero-order valence-corrected chi connectivity index (χ0v) is 13.4. The highest BCUT2D eigenvalue weighted by Gasteiger charge is 2.32. The number of nitrogens with one attached hydrogen (secondary N) is 1. The average molecular weight is 344 g/mol. The molecule has 22 heavy (non-hydrogen) atoms. The molecule has 0 saturated carbocycles. The Balaban J connectivity index is 1.97.